The van der Waals surface area contributed by atoms with Crippen LogP contribution in [0.15, 0.2) is 36.8 Å². The first kappa shape index (κ1) is 50.0. The summed E-state index contributed by atoms with van der Waals surface area (Å²) in [5, 5.41) is 56.5. The number of nitrogens with zero attached hydrogens (tertiary/aromatic N) is 1. The summed E-state index contributed by atoms with van der Waals surface area (Å²) in [5.74, 6) is -7.92. The van der Waals surface area contributed by atoms with Gasteiger partial charge in [0.25, 0.3) is 0 Å². The van der Waals surface area contributed by atoms with Gasteiger partial charge < -0.3 is 68.4 Å². The summed E-state index contributed by atoms with van der Waals surface area (Å²) in [4.78, 5) is 111. The molecule has 8 amide bonds. The van der Waals surface area contributed by atoms with Crippen molar-refractivity contribution in [2.75, 3.05) is 13.2 Å². The second-order valence-electron chi connectivity index (χ2n) is 15.0. The van der Waals surface area contributed by atoms with Crippen molar-refractivity contribution in [3.8, 4) is 5.75 Å². The Kier molecular flexibility index (Phi) is 20.1. The van der Waals surface area contributed by atoms with Gasteiger partial charge in [-0.05, 0) is 42.9 Å². The van der Waals surface area contributed by atoms with Gasteiger partial charge in [0.1, 0.15) is 48.0 Å². The van der Waals surface area contributed by atoms with Crippen molar-refractivity contribution in [2.45, 2.75) is 109 Å². The number of aromatic hydroxyl groups is 1. The average Bonchev–Trinajstić information content (AvgIpc) is 3.69. The van der Waals surface area contributed by atoms with E-state index in [9.17, 15) is 58.8 Å². The molecular weight excluding hydrogens is 788 g/mol. The molecule has 0 saturated carbocycles. The predicted molar refractivity (Wildman–Crippen MR) is 213 cm³/mol. The number of hydrogen-bond acceptors (Lipinski definition) is 13. The SMILES string of the molecule is CC(=O)N[C@H](C(=O)N[C@@H](CC(C)C)C(=O)N[C@@H](Cc1cnc[nH]1)C(=O)N[C@H](C(=O)N[C@@H](CO)C(=O)N[C@@H](CO)C(=O)N[C@@H](Cc1ccc(O)cc1)C(N)=O)C(C)C)[C@@H](C)O. The molecular formula is C38H58N10O12. The molecule has 0 aliphatic heterocycles. The fourth-order valence-corrected chi connectivity index (χ4v) is 5.76. The lowest BCUT2D eigenvalue weighted by Crippen LogP contribution is -2.62. The first-order chi connectivity index (χ1) is 28.2. The van der Waals surface area contributed by atoms with E-state index >= 15 is 0 Å². The molecule has 60 heavy (non-hydrogen) atoms. The number of phenols is 1. The Hall–Kier alpha value is -6.13. The fraction of sp³-hybridized carbons (Fsp3) is 0.553. The molecule has 0 aliphatic rings. The zero-order valence-corrected chi connectivity index (χ0v) is 34.4. The lowest BCUT2D eigenvalue weighted by molar-refractivity contribution is -0.137. The summed E-state index contributed by atoms with van der Waals surface area (Å²) in [6, 6.07) is -4.28. The number of H-pyrrole nitrogens is 1. The van der Waals surface area contributed by atoms with E-state index in [4.69, 9.17) is 5.73 Å². The Balaban J connectivity index is 2.23. The average molecular weight is 847 g/mol. The van der Waals surface area contributed by atoms with Crippen LogP contribution in [0.5, 0.6) is 5.75 Å². The molecule has 2 rings (SSSR count). The molecule has 22 nitrogen and oxygen atoms in total. The minimum Gasteiger partial charge on any atom is -0.508 e. The van der Waals surface area contributed by atoms with Crippen molar-refractivity contribution in [3.05, 3.63) is 48.0 Å². The minimum atomic E-state index is -1.70. The lowest BCUT2D eigenvalue weighted by atomic mass is 10.00. The number of rotatable bonds is 24. The van der Waals surface area contributed by atoms with Gasteiger partial charge in [0.2, 0.25) is 47.3 Å². The molecule has 0 spiro atoms. The highest BCUT2D eigenvalue weighted by atomic mass is 16.3. The molecule has 332 valence electrons. The van der Waals surface area contributed by atoms with E-state index in [0.29, 0.717) is 11.3 Å². The van der Waals surface area contributed by atoms with Crippen molar-refractivity contribution >= 4 is 47.3 Å². The number of amides is 8. The monoisotopic (exact) mass is 846 g/mol. The van der Waals surface area contributed by atoms with Crippen molar-refractivity contribution in [1.82, 2.24) is 47.2 Å². The second-order valence-corrected chi connectivity index (χ2v) is 15.0. The smallest absolute Gasteiger partial charge is 0.245 e. The van der Waals surface area contributed by atoms with Crippen LogP contribution in [0.1, 0.15) is 59.2 Å². The maximum absolute atomic E-state index is 13.9. The Labute approximate surface area is 346 Å². The topological polar surface area (TPSA) is 356 Å². The van der Waals surface area contributed by atoms with Crippen LogP contribution in [0.4, 0.5) is 0 Å². The van der Waals surface area contributed by atoms with Gasteiger partial charge in [0, 0.05) is 31.7 Å². The number of imidazole rings is 1. The summed E-state index contributed by atoms with van der Waals surface area (Å²) in [6.07, 6.45) is 1.28. The van der Waals surface area contributed by atoms with Crippen molar-refractivity contribution in [1.29, 1.82) is 0 Å². The first-order valence-corrected chi connectivity index (χ1v) is 19.2. The quantitative estimate of drug-likeness (QED) is 0.0478. The number of primary amides is 1. The van der Waals surface area contributed by atoms with Gasteiger partial charge in [-0.15, -0.1) is 0 Å². The van der Waals surface area contributed by atoms with Crippen LogP contribution in [0.3, 0.4) is 0 Å². The number of aliphatic hydroxyl groups excluding tert-OH is 3. The van der Waals surface area contributed by atoms with E-state index in [-0.39, 0.29) is 30.9 Å². The van der Waals surface area contributed by atoms with Crippen molar-refractivity contribution in [2.24, 2.45) is 17.6 Å². The maximum Gasteiger partial charge on any atom is 0.245 e. The molecule has 14 N–H and O–H groups in total. The number of aromatic amines is 1. The third kappa shape index (κ3) is 16.3. The summed E-state index contributed by atoms with van der Waals surface area (Å²) < 4.78 is 0. The highest BCUT2D eigenvalue weighted by Crippen LogP contribution is 2.12. The minimum absolute atomic E-state index is 0.0305. The van der Waals surface area contributed by atoms with E-state index in [1.807, 2.05) is 0 Å². The van der Waals surface area contributed by atoms with E-state index < -0.39 is 115 Å². The standard InChI is InChI=1S/C38H58N10O12/c1-18(2)11-26(45-38(60)31(20(5)51)42-21(6)52)33(55)44-27(13-23-14-40-17-41-23)34(56)48-30(19(3)4)37(59)47-29(16-50)36(58)46-28(15-49)35(57)43-25(32(39)54)12-22-7-9-24(53)10-8-22/h7-10,14,17-20,25-31,49-51,53H,11-13,15-16H2,1-6H3,(H2,39,54)(H,40,41)(H,42,52)(H,43,57)(H,44,55)(H,45,60)(H,46,58)(H,47,59)(H,48,56)/t20-,25+,26+,27+,28+,29+,30+,31+/m1/s1. The predicted octanol–water partition coefficient (Wildman–Crippen LogP) is -4.13. The second kappa shape index (κ2) is 24.1. The van der Waals surface area contributed by atoms with Gasteiger partial charge in [-0.25, -0.2) is 4.98 Å². The molecule has 8 atom stereocenters. The van der Waals surface area contributed by atoms with Crippen LogP contribution >= 0.6 is 0 Å². The summed E-state index contributed by atoms with van der Waals surface area (Å²) >= 11 is 0. The third-order valence-electron chi connectivity index (χ3n) is 8.99. The number of phenolic OH excluding ortho intramolecular Hbond substituents is 1. The number of aromatic nitrogens is 2. The lowest BCUT2D eigenvalue weighted by Gasteiger charge is -2.29. The van der Waals surface area contributed by atoms with Crippen LogP contribution in [0.2, 0.25) is 0 Å². The van der Waals surface area contributed by atoms with Crippen LogP contribution in [-0.2, 0) is 51.2 Å². The molecule has 0 bridgehead atoms. The molecule has 22 heteroatoms. The Bertz CT molecular complexity index is 1770. The molecule has 0 saturated heterocycles. The Morgan fingerprint density at radius 1 is 0.650 bits per heavy atom. The van der Waals surface area contributed by atoms with Crippen molar-refractivity contribution in [3.63, 3.8) is 0 Å². The largest absolute Gasteiger partial charge is 0.508 e. The normalized spacial score (nSPS) is 15.2. The Morgan fingerprint density at radius 3 is 1.60 bits per heavy atom. The van der Waals surface area contributed by atoms with Gasteiger partial charge in [-0.2, -0.15) is 0 Å². The number of carbonyl (C=O) groups excluding carboxylic acids is 8. The maximum atomic E-state index is 13.9. The van der Waals surface area contributed by atoms with E-state index in [1.165, 1.54) is 43.7 Å². The summed E-state index contributed by atoms with van der Waals surface area (Å²) in [7, 11) is 0. The van der Waals surface area contributed by atoms with E-state index in [1.54, 1.807) is 27.7 Å². The van der Waals surface area contributed by atoms with E-state index in [2.05, 4.69) is 47.2 Å². The summed E-state index contributed by atoms with van der Waals surface area (Å²) in [5.41, 5.74) is 6.38. The number of nitrogens with two attached hydrogens (primary N) is 1. The highest BCUT2D eigenvalue weighted by Gasteiger charge is 2.35. The number of aliphatic hydroxyl groups is 3. The number of benzene rings is 1. The van der Waals surface area contributed by atoms with Gasteiger partial charge in [-0.1, -0.05) is 39.8 Å². The first-order valence-electron chi connectivity index (χ1n) is 19.2. The highest BCUT2D eigenvalue weighted by molar-refractivity contribution is 5.97. The van der Waals surface area contributed by atoms with Crippen LogP contribution in [0, 0.1) is 11.8 Å². The van der Waals surface area contributed by atoms with Crippen LogP contribution < -0.4 is 43.0 Å². The van der Waals surface area contributed by atoms with Crippen molar-refractivity contribution < 1.29 is 58.8 Å². The van der Waals surface area contributed by atoms with Gasteiger partial charge in [0.15, 0.2) is 0 Å². The molecule has 0 radical (unpaired) electrons. The molecule has 0 aliphatic carbocycles. The zero-order chi connectivity index (χ0) is 45.3. The Morgan fingerprint density at radius 2 is 1.13 bits per heavy atom. The van der Waals surface area contributed by atoms with Gasteiger partial charge in [-0.3, -0.25) is 38.4 Å². The fourth-order valence-electron chi connectivity index (χ4n) is 5.76. The molecule has 1 aromatic heterocycles. The zero-order valence-electron chi connectivity index (χ0n) is 34.4. The van der Waals surface area contributed by atoms with Gasteiger partial charge >= 0.3 is 0 Å². The summed E-state index contributed by atoms with van der Waals surface area (Å²) in [6.45, 7) is 7.21. The van der Waals surface area contributed by atoms with Crippen LogP contribution in [0.25, 0.3) is 0 Å². The number of hydrogen-bond donors (Lipinski definition) is 13. The van der Waals surface area contributed by atoms with Crippen LogP contribution in [-0.4, -0.2) is 139 Å². The molecule has 2 aromatic rings. The molecule has 1 aromatic carbocycles. The molecule has 1 heterocycles. The van der Waals surface area contributed by atoms with E-state index in [0.717, 1.165) is 6.92 Å². The molecule has 0 unspecified atom stereocenters. The number of nitrogens with one attached hydrogen (secondary N) is 8. The molecule has 0 fully saturated rings. The van der Waals surface area contributed by atoms with Gasteiger partial charge in [0.05, 0.1) is 25.6 Å². The third-order valence-corrected chi connectivity index (χ3v) is 8.99. The number of carbonyl (C=O) groups is 8.